The van der Waals surface area contributed by atoms with Crippen molar-refractivity contribution in [2.45, 2.75) is 52.0 Å². The van der Waals surface area contributed by atoms with Crippen molar-refractivity contribution < 1.29 is 24.6 Å². The van der Waals surface area contributed by atoms with Crippen molar-refractivity contribution in [1.82, 2.24) is 4.90 Å². The molecule has 170 valence electrons. The predicted octanol–water partition coefficient (Wildman–Crippen LogP) is 5.23. The zero-order valence-corrected chi connectivity index (χ0v) is 18.7. The van der Waals surface area contributed by atoms with Crippen molar-refractivity contribution >= 4 is 23.9 Å². The molecule has 2 aromatic rings. The average Bonchev–Trinajstić information content (AvgIpc) is 2.76. The van der Waals surface area contributed by atoms with E-state index in [-0.39, 0.29) is 11.5 Å². The van der Waals surface area contributed by atoms with Crippen molar-refractivity contribution in [3.63, 3.8) is 0 Å². The molecule has 0 saturated heterocycles. The molecule has 1 amide bonds. The summed E-state index contributed by atoms with van der Waals surface area (Å²) >= 11 is 0. The van der Waals surface area contributed by atoms with Crippen LogP contribution < -0.4 is 0 Å². The van der Waals surface area contributed by atoms with Crippen LogP contribution in [-0.4, -0.2) is 40.0 Å². The number of nitrogens with zero attached hydrogens (tertiary/aromatic N) is 1. The predicted molar refractivity (Wildman–Crippen MR) is 125 cm³/mol. The van der Waals surface area contributed by atoms with Crippen LogP contribution in [0.2, 0.25) is 0 Å². The van der Waals surface area contributed by atoms with E-state index in [0.717, 1.165) is 42.4 Å². The molecule has 0 atom stereocenters. The van der Waals surface area contributed by atoms with E-state index >= 15 is 0 Å². The molecular weight excluding hydrogens is 406 g/mol. The van der Waals surface area contributed by atoms with Crippen LogP contribution in [0.3, 0.4) is 0 Å². The lowest BCUT2D eigenvalue weighted by Gasteiger charge is -2.18. The molecule has 0 unspecified atom stereocenters. The maximum absolute atomic E-state index is 12.3. The average molecular weight is 438 g/mol. The van der Waals surface area contributed by atoms with Crippen LogP contribution in [0.4, 0.5) is 0 Å². The van der Waals surface area contributed by atoms with E-state index in [0.29, 0.717) is 18.5 Å². The number of hydrogen-bond acceptors (Lipinski definition) is 3. The zero-order valence-electron chi connectivity index (χ0n) is 18.7. The fourth-order valence-corrected chi connectivity index (χ4v) is 3.43. The summed E-state index contributed by atoms with van der Waals surface area (Å²) in [5.41, 5.74) is 3.43. The van der Waals surface area contributed by atoms with E-state index in [2.05, 4.69) is 6.92 Å². The van der Waals surface area contributed by atoms with E-state index in [1.807, 2.05) is 43.4 Å². The van der Waals surface area contributed by atoms with E-state index in [4.69, 9.17) is 10.2 Å². The minimum Gasteiger partial charge on any atom is -0.481 e. The van der Waals surface area contributed by atoms with Gasteiger partial charge in [0.15, 0.2) is 0 Å². The highest BCUT2D eigenvalue weighted by molar-refractivity contribution is 5.96. The first-order valence-electron chi connectivity index (χ1n) is 10.9. The van der Waals surface area contributed by atoms with Gasteiger partial charge in [0.2, 0.25) is 5.91 Å². The Balaban J connectivity index is 2.07. The molecule has 0 heterocycles. The fourth-order valence-electron chi connectivity index (χ4n) is 3.43. The van der Waals surface area contributed by atoms with Crippen molar-refractivity contribution in [2.24, 2.45) is 0 Å². The van der Waals surface area contributed by atoms with Crippen LogP contribution in [0.15, 0.2) is 54.1 Å². The molecule has 2 rings (SSSR count). The molecule has 0 aliphatic heterocycles. The number of rotatable bonds is 12. The van der Waals surface area contributed by atoms with Gasteiger partial charge in [-0.05, 0) is 40.8 Å². The summed E-state index contributed by atoms with van der Waals surface area (Å²) in [6, 6.07) is 15.2. The van der Waals surface area contributed by atoms with Gasteiger partial charge in [0.05, 0.1) is 6.42 Å². The Hall–Kier alpha value is -3.41. The molecule has 0 aromatic heterocycles. The highest BCUT2D eigenvalue weighted by Crippen LogP contribution is 2.23. The molecule has 2 aromatic carbocycles. The molecule has 2 N–H and O–H groups in total. The molecule has 0 spiro atoms. The van der Waals surface area contributed by atoms with Gasteiger partial charge < -0.3 is 15.1 Å². The molecule has 0 saturated carbocycles. The molecule has 0 aliphatic rings. The summed E-state index contributed by atoms with van der Waals surface area (Å²) in [7, 11) is 1.83. The summed E-state index contributed by atoms with van der Waals surface area (Å²) < 4.78 is 0. The number of unbranched alkanes of at least 4 members (excludes halogenated alkanes) is 3. The van der Waals surface area contributed by atoms with Crippen molar-refractivity contribution in [1.29, 1.82) is 0 Å². The Morgan fingerprint density at radius 1 is 0.938 bits per heavy atom. The number of carbonyl (C=O) groups is 3. The first-order valence-corrected chi connectivity index (χ1v) is 10.9. The quantitative estimate of drug-likeness (QED) is 0.350. The summed E-state index contributed by atoms with van der Waals surface area (Å²) in [4.78, 5) is 36.2. The molecule has 0 fully saturated rings. The summed E-state index contributed by atoms with van der Waals surface area (Å²) in [5.74, 6) is -2.28. The third-order valence-electron chi connectivity index (χ3n) is 5.22. The van der Waals surface area contributed by atoms with Crippen LogP contribution in [0.5, 0.6) is 0 Å². The van der Waals surface area contributed by atoms with Gasteiger partial charge in [0.25, 0.3) is 0 Å². The molecule has 6 heteroatoms. The molecule has 0 bridgehead atoms. The number of hydrogen-bond donors (Lipinski definition) is 2. The van der Waals surface area contributed by atoms with Gasteiger partial charge in [0, 0.05) is 25.6 Å². The van der Waals surface area contributed by atoms with Gasteiger partial charge in [-0.1, -0.05) is 68.7 Å². The maximum Gasteiger partial charge on any atom is 0.332 e. The first-order chi connectivity index (χ1) is 15.3. The normalized spacial score (nSPS) is 11.2. The minimum atomic E-state index is -1.24. The SMILES string of the molecule is CCCCCCC(=O)N(C)Cc1cccc(-c2ccc(C=C(CC(=O)O)C(=O)O)cc2)c1. The lowest BCUT2D eigenvalue weighted by atomic mass is 10.0. The Morgan fingerprint density at radius 2 is 1.66 bits per heavy atom. The molecule has 0 aliphatic carbocycles. The fraction of sp³-hybridized carbons (Fsp3) is 0.346. The zero-order chi connectivity index (χ0) is 23.5. The Bertz CT molecular complexity index is 962. The summed E-state index contributed by atoms with van der Waals surface area (Å²) in [6.07, 6.45) is 5.73. The van der Waals surface area contributed by atoms with Crippen molar-refractivity contribution in [3.8, 4) is 11.1 Å². The van der Waals surface area contributed by atoms with E-state index < -0.39 is 18.4 Å². The van der Waals surface area contributed by atoms with Gasteiger partial charge in [0.1, 0.15) is 0 Å². The highest BCUT2D eigenvalue weighted by Gasteiger charge is 2.12. The molecular formula is C26H31NO5. The third-order valence-corrected chi connectivity index (χ3v) is 5.22. The van der Waals surface area contributed by atoms with Crippen LogP contribution in [0, 0.1) is 0 Å². The van der Waals surface area contributed by atoms with Gasteiger partial charge >= 0.3 is 11.9 Å². The third kappa shape index (κ3) is 8.02. The number of aliphatic carboxylic acids is 2. The second-order valence-electron chi connectivity index (χ2n) is 7.93. The minimum absolute atomic E-state index is 0.151. The highest BCUT2D eigenvalue weighted by atomic mass is 16.4. The van der Waals surface area contributed by atoms with Crippen LogP contribution >= 0.6 is 0 Å². The lowest BCUT2D eigenvalue weighted by molar-refractivity contribution is -0.139. The second kappa shape index (κ2) is 12.4. The Kier molecular flexibility index (Phi) is 9.67. The first kappa shape index (κ1) is 24.9. The maximum atomic E-state index is 12.3. The number of carbonyl (C=O) groups excluding carboxylic acids is 1. The second-order valence-corrected chi connectivity index (χ2v) is 7.93. The van der Waals surface area contributed by atoms with E-state index in [9.17, 15) is 14.4 Å². The van der Waals surface area contributed by atoms with Gasteiger partial charge in [-0.15, -0.1) is 0 Å². The van der Waals surface area contributed by atoms with Gasteiger partial charge in [-0.3, -0.25) is 9.59 Å². The smallest absolute Gasteiger partial charge is 0.332 e. The van der Waals surface area contributed by atoms with Crippen molar-refractivity contribution in [2.75, 3.05) is 7.05 Å². The Morgan fingerprint density at radius 3 is 2.28 bits per heavy atom. The standard InChI is InChI=1S/C26H31NO5/c1-3-4-5-6-10-24(28)27(2)18-20-8-7-9-22(16-20)21-13-11-19(12-14-21)15-23(26(31)32)17-25(29)30/h7-9,11-16H,3-6,10,17-18H2,1-2H3,(H,29,30)(H,31,32). The number of benzene rings is 2. The molecule has 6 nitrogen and oxygen atoms in total. The van der Waals surface area contributed by atoms with Crippen LogP contribution in [-0.2, 0) is 20.9 Å². The van der Waals surface area contributed by atoms with Crippen LogP contribution in [0.25, 0.3) is 17.2 Å². The largest absolute Gasteiger partial charge is 0.481 e. The summed E-state index contributed by atoms with van der Waals surface area (Å²) in [6.45, 7) is 2.69. The molecule has 32 heavy (non-hydrogen) atoms. The molecule has 0 radical (unpaired) electrons. The number of carboxylic acids is 2. The van der Waals surface area contributed by atoms with Gasteiger partial charge in [-0.25, -0.2) is 4.79 Å². The summed E-state index contributed by atoms with van der Waals surface area (Å²) in [5, 5.41) is 18.0. The topological polar surface area (TPSA) is 94.9 Å². The lowest BCUT2D eigenvalue weighted by Crippen LogP contribution is -2.25. The van der Waals surface area contributed by atoms with Crippen molar-refractivity contribution in [3.05, 3.63) is 65.2 Å². The monoisotopic (exact) mass is 437 g/mol. The Labute approximate surface area is 189 Å². The van der Waals surface area contributed by atoms with E-state index in [1.54, 1.807) is 17.0 Å². The number of carboxylic acid groups (broad SMARTS) is 2. The van der Waals surface area contributed by atoms with Crippen LogP contribution in [0.1, 0.15) is 56.6 Å². The number of amides is 1. The van der Waals surface area contributed by atoms with E-state index in [1.165, 1.54) is 6.08 Å². The van der Waals surface area contributed by atoms with Gasteiger partial charge in [-0.2, -0.15) is 0 Å².